The van der Waals surface area contributed by atoms with Crippen LogP contribution in [0, 0.1) is 34.5 Å². The zero-order valence-corrected chi connectivity index (χ0v) is 23.1. The normalized spacial score (nSPS) is 42.8. The van der Waals surface area contributed by atoms with Crippen molar-refractivity contribution in [2.75, 3.05) is 20.2 Å². The van der Waals surface area contributed by atoms with Crippen molar-refractivity contribution in [1.82, 2.24) is 4.90 Å². The molecule has 1 aliphatic heterocycles. The standard InChI is InChI=1S/C29H43NO6/c1-16-13-28-18(3)11-17(2)26(4,5)21(22(28)31)12-20-15-34-27(6,7)36-24(20)29(28,33)23(16)35-25(32)30(8)14-19-9-10-19/h12-13,17-19,21,23-24,33H,9-11,14-15H2,1-8H3/t17-,18+,21+,23-,24+,28-,29+/m0/s1. The number of ether oxygens (including phenoxy) is 3. The fourth-order valence-corrected chi connectivity index (χ4v) is 7.31. The van der Waals surface area contributed by atoms with E-state index in [1.54, 1.807) is 11.9 Å². The number of carbonyl (C=O) groups excluding carboxylic acids is 2. The summed E-state index contributed by atoms with van der Waals surface area (Å²) in [5.41, 5.74) is -1.91. The summed E-state index contributed by atoms with van der Waals surface area (Å²) >= 11 is 0. The van der Waals surface area contributed by atoms with E-state index in [1.165, 1.54) is 0 Å². The van der Waals surface area contributed by atoms with Crippen LogP contribution in [0.4, 0.5) is 4.79 Å². The van der Waals surface area contributed by atoms with Gasteiger partial charge in [0.1, 0.15) is 6.10 Å². The maximum atomic E-state index is 14.7. The van der Waals surface area contributed by atoms with Gasteiger partial charge < -0.3 is 24.2 Å². The number of ketones is 1. The maximum absolute atomic E-state index is 14.7. The van der Waals surface area contributed by atoms with E-state index < -0.39 is 41.0 Å². The highest BCUT2D eigenvalue weighted by atomic mass is 16.7. The summed E-state index contributed by atoms with van der Waals surface area (Å²) in [6.07, 6.45) is 4.59. The van der Waals surface area contributed by atoms with Crippen LogP contribution >= 0.6 is 0 Å². The van der Waals surface area contributed by atoms with Crippen molar-refractivity contribution in [3.8, 4) is 0 Å². The first-order chi connectivity index (χ1) is 16.6. The van der Waals surface area contributed by atoms with Crippen LogP contribution in [0.3, 0.4) is 0 Å². The maximum Gasteiger partial charge on any atom is 0.410 e. The molecule has 1 amide bonds. The van der Waals surface area contributed by atoms with Gasteiger partial charge in [0.15, 0.2) is 23.3 Å². The van der Waals surface area contributed by atoms with E-state index in [0.29, 0.717) is 18.0 Å². The van der Waals surface area contributed by atoms with Gasteiger partial charge in [-0.15, -0.1) is 0 Å². The van der Waals surface area contributed by atoms with Gasteiger partial charge in [0.2, 0.25) is 0 Å². The highest BCUT2D eigenvalue weighted by Gasteiger charge is 2.74. The number of allylic oxidation sites excluding steroid dienone is 1. The Labute approximate surface area is 215 Å². The quantitative estimate of drug-likeness (QED) is 0.574. The molecule has 200 valence electrons. The number of aliphatic hydroxyl groups is 1. The van der Waals surface area contributed by atoms with E-state index in [4.69, 9.17) is 14.2 Å². The van der Waals surface area contributed by atoms with Crippen molar-refractivity contribution in [3.05, 3.63) is 23.3 Å². The van der Waals surface area contributed by atoms with Crippen LogP contribution in [0.25, 0.3) is 0 Å². The monoisotopic (exact) mass is 501 g/mol. The first-order valence-corrected chi connectivity index (χ1v) is 13.5. The lowest BCUT2D eigenvalue weighted by molar-refractivity contribution is -0.303. The molecule has 0 unspecified atom stereocenters. The van der Waals surface area contributed by atoms with Gasteiger partial charge >= 0.3 is 6.09 Å². The lowest BCUT2D eigenvalue weighted by Crippen LogP contribution is -2.68. The second-order valence-electron chi connectivity index (χ2n) is 13.3. The summed E-state index contributed by atoms with van der Waals surface area (Å²) in [6.45, 7) is 14.9. The number of rotatable bonds is 3. The van der Waals surface area contributed by atoms with Gasteiger partial charge in [-0.1, -0.05) is 39.8 Å². The predicted molar refractivity (Wildman–Crippen MR) is 135 cm³/mol. The molecule has 0 aromatic rings. The van der Waals surface area contributed by atoms with Gasteiger partial charge in [-0.3, -0.25) is 4.79 Å². The minimum Gasteiger partial charge on any atom is -0.438 e. The Morgan fingerprint density at radius 3 is 2.50 bits per heavy atom. The Morgan fingerprint density at radius 1 is 1.19 bits per heavy atom. The van der Waals surface area contributed by atoms with E-state index in [1.807, 2.05) is 32.9 Å². The molecule has 0 radical (unpaired) electrons. The Balaban J connectivity index is 1.66. The van der Waals surface area contributed by atoms with Gasteiger partial charge in [-0.2, -0.15) is 0 Å². The average Bonchev–Trinajstić information content (AvgIpc) is 3.58. The third-order valence-corrected chi connectivity index (χ3v) is 10.0. The van der Waals surface area contributed by atoms with E-state index in [9.17, 15) is 14.7 Å². The van der Waals surface area contributed by atoms with E-state index in [0.717, 1.165) is 24.8 Å². The second kappa shape index (κ2) is 8.15. The molecule has 1 saturated heterocycles. The summed E-state index contributed by atoms with van der Waals surface area (Å²) in [5.74, 6) is -0.833. The van der Waals surface area contributed by atoms with Crippen LogP contribution in [0.15, 0.2) is 23.3 Å². The molecule has 7 atom stereocenters. The summed E-state index contributed by atoms with van der Waals surface area (Å²) < 4.78 is 18.6. The lowest BCUT2D eigenvalue weighted by Gasteiger charge is -2.52. The van der Waals surface area contributed by atoms with Crippen LogP contribution < -0.4 is 0 Å². The molecule has 4 aliphatic carbocycles. The zero-order valence-electron chi connectivity index (χ0n) is 23.1. The highest BCUT2D eigenvalue weighted by Crippen LogP contribution is 2.63. The number of nitrogens with zero attached hydrogens (tertiary/aromatic N) is 1. The molecule has 0 aromatic carbocycles. The van der Waals surface area contributed by atoms with Crippen molar-refractivity contribution < 1.29 is 28.9 Å². The van der Waals surface area contributed by atoms with Gasteiger partial charge in [-0.25, -0.2) is 4.79 Å². The fourth-order valence-electron chi connectivity index (χ4n) is 7.31. The molecule has 7 nitrogen and oxygen atoms in total. The highest BCUT2D eigenvalue weighted by molar-refractivity contribution is 5.95. The van der Waals surface area contributed by atoms with Crippen LogP contribution in [-0.4, -0.2) is 65.7 Å². The molecule has 1 spiro atoms. The van der Waals surface area contributed by atoms with Crippen LogP contribution in [0.5, 0.6) is 0 Å². The molecule has 7 heteroatoms. The minimum atomic E-state index is -1.79. The fraction of sp³-hybridized carbons (Fsp3) is 0.793. The van der Waals surface area contributed by atoms with E-state index in [-0.39, 0.29) is 29.6 Å². The lowest BCUT2D eigenvalue weighted by atomic mass is 9.59. The molecule has 1 N–H and O–H groups in total. The molecule has 2 bridgehead atoms. The van der Waals surface area contributed by atoms with Crippen LogP contribution in [0.1, 0.15) is 67.7 Å². The number of hydrogen-bond donors (Lipinski definition) is 1. The van der Waals surface area contributed by atoms with Gasteiger partial charge in [-0.05, 0) is 74.3 Å². The van der Waals surface area contributed by atoms with Gasteiger partial charge in [0.25, 0.3) is 0 Å². The second-order valence-corrected chi connectivity index (χ2v) is 13.3. The molecule has 3 fully saturated rings. The third-order valence-electron chi connectivity index (χ3n) is 10.0. The van der Waals surface area contributed by atoms with Crippen molar-refractivity contribution in [2.45, 2.75) is 91.3 Å². The van der Waals surface area contributed by atoms with Gasteiger partial charge in [0, 0.05) is 19.5 Å². The van der Waals surface area contributed by atoms with Crippen molar-refractivity contribution in [1.29, 1.82) is 0 Å². The number of carbonyl (C=O) groups is 2. The Morgan fingerprint density at radius 2 is 1.86 bits per heavy atom. The molecular formula is C29H43NO6. The minimum absolute atomic E-state index is 0.0145. The molecule has 5 aliphatic rings. The van der Waals surface area contributed by atoms with E-state index in [2.05, 4.69) is 27.7 Å². The smallest absolute Gasteiger partial charge is 0.410 e. The number of amides is 1. The molecular weight excluding hydrogens is 458 g/mol. The number of fused-ring (bicyclic) bond motifs is 3. The predicted octanol–water partition coefficient (Wildman–Crippen LogP) is 4.49. The summed E-state index contributed by atoms with van der Waals surface area (Å²) in [4.78, 5) is 29.5. The van der Waals surface area contributed by atoms with Crippen LogP contribution in [-0.2, 0) is 19.0 Å². The molecule has 2 saturated carbocycles. The zero-order chi connectivity index (χ0) is 26.4. The Kier molecular flexibility index (Phi) is 5.87. The van der Waals surface area contributed by atoms with Crippen molar-refractivity contribution in [2.24, 2.45) is 34.5 Å². The first kappa shape index (κ1) is 25.9. The summed E-state index contributed by atoms with van der Waals surface area (Å²) in [6, 6.07) is 0. The molecule has 1 heterocycles. The SMILES string of the molecule is CC1=C[C@]23C(=O)[C@@H](C=C4COC(C)(C)O[C@H]4[C@]2(O)[C@H]1OC(=O)N(C)CC1CC1)C(C)(C)[C@@H](C)C[C@H]3C. The van der Waals surface area contributed by atoms with Crippen molar-refractivity contribution in [3.63, 3.8) is 0 Å². The molecule has 36 heavy (non-hydrogen) atoms. The topological polar surface area (TPSA) is 85.3 Å². The molecule has 0 aromatic heterocycles. The summed E-state index contributed by atoms with van der Waals surface area (Å²) in [7, 11) is 1.74. The van der Waals surface area contributed by atoms with Crippen LogP contribution in [0.2, 0.25) is 0 Å². The average molecular weight is 502 g/mol. The molecule has 5 rings (SSSR count). The van der Waals surface area contributed by atoms with Crippen molar-refractivity contribution >= 4 is 11.9 Å². The number of hydrogen-bond acceptors (Lipinski definition) is 6. The third kappa shape index (κ3) is 3.56. The Bertz CT molecular complexity index is 1020. The summed E-state index contributed by atoms with van der Waals surface area (Å²) in [5, 5.41) is 13.0. The van der Waals surface area contributed by atoms with E-state index >= 15 is 0 Å². The Hall–Kier alpha value is -1.70. The number of Topliss-reactive ketones (excluding diaryl/α,β-unsaturated/α-hetero) is 1. The first-order valence-electron chi connectivity index (χ1n) is 13.5. The van der Waals surface area contributed by atoms with Gasteiger partial charge in [0.05, 0.1) is 12.0 Å². The largest absolute Gasteiger partial charge is 0.438 e.